The van der Waals surface area contributed by atoms with Crippen LogP contribution < -0.4 is 5.32 Å². The highest BCUT2D eigenvalue weighted by atomic mass is 79.9. The van der Waals surface area contributed by atoms with E-state index in [4.69, 9.17) is 0 Å². The van der Waals surface area contributed by atoms with E-state index in [0.717, 1.165) is 34.2 Å². The van der Waals surface area contributed by atoms with Crippen LogP contribution in [0.25, 0.3) is 0 Å². The molecule has 0 unspecified atom stereocenters. The van der Waals surface area contributed by atoms with Crippen molar-refractivity contribution in [2.24, 2.45) is 0 Å². The Bertz CT molecular complexity index is 1090. The monoisotopic (exact) mass is 566 g/mol. The van der Waals surface area contributed by atoms with Gasteiger partial charge in [-0.2, -0.15) is 0 Å². The Morgan fingerprint density at radius 1 is 0.917 bits per heavy atom. The average Bonchev–Trinajstić information content (AvgIpc) is 2.89. The molecule has 0 bridgehead atoms. The summed E-state index contributed by atoms with van der Waals surface area (Å²) in [6.45, 7) is 5.17. The Labute approximate surface area is 228 Å². The van der Waals surface area contributed by atoms with Crippen LogP contribution in [0.2, 0.25) is 0 Å². The van der Waals surface area contributed by atoms with Gasteiger partial charge in [-0.05, 0) is 42.2 Å². The summed E-state index contributed by atoms with van der Waals surface area (Å²) in [6, 6.07) is 25.7. The van der Waals surface area contributed by atoms with E-state index in [-0.39, 0.29) is 11.8 Å². The number of rotatable bonds is 13. The smallest absolute Gasteiger partial charge is 0.243 e. The number of carbonyl (C=O) groups excluding carboxylic acids is 2. The van der Waals surface area contributed by atoms with E-state index in [1.165, 1.54) is 11.1 Å². The Hall–Kier alpha value is -2.57. The lowest BCUT2D eigenvalue weighted by Crippen LogP contribution is -2.51. The summed E-state index contributed by atoms with van der Waals surface area (Å²) in [4.78, 5) is 28.8. The molecule has 0 fully saturated rings. The second-order valence-corrected chi connectivity index (χ2v) is 10.9. The van der Waals surface area contributed by atoms with Crippen molar-refractivity contribution in [1.29, 1.82) is 0 Å². The zero-order valence-corrected chi connectivity index (χ0v) is 23.5. The highest BCUT2D eigenvalue weighted by Crippen LogP contribution is 2.20. The number of hydrogen-bond acceptors (Lipinski definition) is 3. The number of nitrogens with zero attached hydrogens (tertiary/aromatic N) is 1. The molecule has 0 aromatic heterocycles. The molecule has 6 heteroatoms. The lowest BCUT2D eigenvalue weighted by Gasteiger charge is -2.31. The van der Waals surface area contributed by atoms with Gasteiger partial charge in [0.05, 0.1) is 5.75 Å². The van der Waals surface area contributed by atoms with E-state index in [2.05, 4.69) is 59.4 Å². The Kier molecular flexibility index (Phi) is 11.6. The quantitative estimate of drug-likeness (QED) is 0.239. The van der Waals surface area contributed by atoms with Crippen molar-refractivity contribution >= 4 is 39.5 Å². The molecule has 190 valence electrons. The molecule has 1 N–H and O–H groups in total. The van der Waals surface area contributed by atoms with Gasteiger partial charge < -0.3 is 10.2 Å². The summed E-state index contributed by atoms with van der Waals surface area (Å²) < 4.78 is 0.982. The highest BCUT2D eigenvalue weighted by Gasteiger charge is 2.30. The molecule has 2 amide bonds. The summed E-state index contributed by atoms with van der Waals surface area (Å²) in [5.74, 6) is 0.949. The van der Waals surface area contributed by atoms with Crippen molar-refractivity contribution in [3.05, 3.63) is 106 Å². The fourth-order valence-electron chi connectivity index (χ4n) is 3.87. The molecule has 3 rings (SSSR count). The van der Waals surface area contributed by atoms with Crippen molar-refractivity contribution < 1.29 is 9.59 Å². The van der Waals surface area contributed by atoms with Gasteiger partial charge in [-0.3, -0.25) is 9.59 Å². The lowest BCUT2D eigenvalue weighted by molar-refractivity contribution is -0.139. The van der Waals surface area contributed by atoms with E-state index in [1.807, 2.05) is 54.6 Å². The fourth-order valence-corrected chi connectivity index (χ4v) is 5.01. The number of thioether (sulfide) groups is 1. The van der Waals surface area contributed by atoms with Crippen LogP contribution in [0.15, 0.2) is 83.3 Å². The number of nitrogens with one attached hydrogen (secondary N) is 1. The number of aryl methyl sites for hydroxylation is 1. The normalized spacial score (nSPS) is 11.6. The third-order valence-electron chi connectivity index (χ3n) is 5.98. The van der Waals surface area contributed by atoms with Gasteiger partial charge in [0, 0.05) is 29.7 Å². The first-order chi connectivity index (χ1) is 17.5. The molecule has 0 spiro atoms. The third kappa shape index (κ3) is 9.14. The van der Waals surface area contributed by atoms with Crippen LogP contribution in [0.4, 0.5) is 0 Å². The van der Waals surface area contributed by atoms with Gasteiger partial charge >= 0.3 is 0 Å². The van der Waals surface area contributed by atoms with Gasteiger partial charge in [-0.25, -0.2) is 0 Å². The van der Waals surface area contributed by atoms with Gasteiger partial charge in [0.15, 0.2) is 0 Å². The molecule has 0 saturated carbocycles. The first-order valence-electron chi connectivity index (χ1n) is 12.4. The van der Waals surface area contributed by atoms with E-state index in [1.54, 1.807) is 16.7 Å². The zero-order valence-electron chi connectivity index (χ0n) is 21.1. The molecule has 0 radical (unpaired) electrons. The summed E-state index contributed by atoms with van der Waals surface area (Å²) in [7, 11) is 0. The maximum atomic E-state index is 13.6. The van der Waals surface area contributed by atoms with E-state index >= 15 is 0 Å². The average molecular weight is 568 g/mol. The largest absolute Gasteiger partial charge is 0.354 e. The van der Waals surface area contributed by atoms with Gasteiger partial charge in [-0.15, -0.1) is 11.8 Å². The highest BCUT2D eigenvalue weighted by molar-refractivity contribution is 9.10. The van der Waals surface area contributed by atoms with Crippen LogP contribution in [0, 0.1) is 6.92 Å². The molecule has 3 aromatic carbocycles. The number of amides is 2. The number of carbonyl (C=O) groups is 2. The molecule has 1 atom stereocenters. The van der Waals surface area contributed by atoms with E-state index < -0.39 is 6.04 Å². The van der Waals surface area contributed by atoms with Crippen molar-refractivity contribution in [1.82, 2.24) is 10.2 Å². The van der Waals surface area contributed by atoms with Crippen molar-refractivity contribution in [2.75, 3.05) is 12.3 Å². The number of hydrogen-bond donors (Lipinski definition) is 1. The molecule has 0 aliphatic rings. The van der Waals surface area contributed by atoms with Gasteiger partial charge in [-0.1, -0.05) is 102 Å². The Morgan fingerprint density at radius 3 is 2.25 bits per heavy atom. The minimum atomic E-state index is -0.583. The summed E-state index contributed by atoms with van der Waals surface area (Å²) >= 11 is 5.07. The second-order valence-electron chi connectivity index (χ2n) is 8.98. The topological polar surface area (TPSA) is 49.4 Å². The molecule has 0 aliphatic heterocycles. The predicted molar refractivity (Wildman–Crippen MR) is 154 cm³/mol. The standard InChI is InChI=1S/C30H35BrN2O2S/c1-3-4-18-32-30(35)28(19-24-8-6-5-7-9-24)33(20-25-14-16-27(31)17-15-25)29(34)22-36-21-26-12-10-23(2)11-13-26/h5-17,28H,3-4,18-22H2,1-2H3,(H,32,35)/t28-/m1/s1. The number of unbranched alkanes of at least 4 members (excludes halogenated alkanes) is 1. The third-order valence-corrected chi connectivity index (χ3v) is 7.50. The summed E-state index contributed by atoms with van der Waals surface area (Å²) in [6.07, 6.45) is 2.39. The first kappa shape index (κ1) is 28.0. The van der Waals surface area contributed by atoms with E-state index in [0.29, 0.717) is 25.3 Å². The molecule has 0 saturated heterocycles. The molecule has 0 heterocycles. The molecule has 36 heavy (non-hydrogen) atoms. The van der Waals surface area contributed by atoms with Crippen LogP contribution in [0.1, 0.15) is 42.0 Å². The van der Waals surface area contributed by atoms with E-state index in [9.17, 15) is 9.59 Å². The number of halogens is 1. The molecule has 0 aliphatic carbocycles. The summed E-state index contributed by atoms with van der Waals surface area (Å²) in [5, 5.41) is 3.07. The summed E-state index contributed by atoms with van der Waals surface area (Å²) in [5.41, 5.74) is 4.44. The van der Waals surface area contributed by atoms with Crippen LogP contribution in [0.5, 0.6) is 0 Å². The first-order valence-corrected chi connectivity index (χ1v) is 14.4. The Morgan fingerprint density at radius 2 is 1.58 bits per heavy atom. The number of benzene rings is 3. The maximum absolute atomic E-state index is 13.6. The zero-order chi connectivity index (χ0) is 25.8. The van der Waals surface area contributed by atoms with Crippen LogP contribution >= 0.6 is 27.7 Å². The van der Waals surface area contributed by atoms with Gasteiger partial charge in [0.2, 0.25) is 11.8 Å². The molecular weight excluding hydrogens is 532 g/mol. The lowest BCUT2D eigenvalue weighted by atomic mass is 10.0. The minimum Gasteiger partial charge on any atom is -0.354 e. The molecule has 4 nitrogen and oxygen atoms in total. The molecule has 3 aromatic rings. The Balaban J connectivity index is 1.81. The van der Waals surface area contributed by atoms with Crippen LogP contribution in [-0.2, 0) is 28.3 Å². The second kappa shape index (κ2) is 14.9. The minimum absolute atomic E-state index is 0.0263. The van der Waals surface area contributed by atoms with Crippen LogP contribution in [-0.4, -0.2) is 35.1 Å². The van der Waals surface area contributed by atoms with Crippen molar-refractivity contribution in [3.8, 4) is 0 Å². The van der Waals surface area contributed by atoms with Crippen LogP contribution in [0.3, 0.4) is 0 Å². The van der Waals surface area contributed by atoms with Crippen molar-refractivity contribution in [3.63, 3.8) is 0 Å². The fraction of sp³-hybridized carbons (Fsp3) is 0.333. The SMILES string of the molecule is CCCCNC(=O)[C@@H](Cc1ccccc1)N(Cc1ccc(Br)cc1)C(=O)CSCc1ccc(C)cc1. The predicted octanol–water partition coefficient (Wildman–Crippen LogP) is 6.55. The maximum Gasteiger partial charge on any atom is 0.243 e. The van der Waals surface area contributed by atoms with Gasteiger partial charge in [0.1, 0.15) is 6.04 Å². The molecular formula is C30H35BrN2O2S. The van der Waals surface area contributed by atoms with Gasteiger partial charge in [0.25, 0.3) is 0 Å². The van der Waals surface area contributed by atoms with Crippen molar-refractivity contribution in [2.45, 2.75) is 51.4 Å².